The fraction of sp³-hybridized carbons (Fsp3) is 0.300. The maximum Gasteiger partial charge on any atom is 0.197 e. The van der Waals surface area contributed by atoms with Crippen molar-refractivity contribution in [2.75, 3.05) is 7.11 Å². The van der Waals surface area contributed by atoms with Crippen molar-refractivity contribution in [1.82, 2.24) is 19.9 Å². The lowest BCUT2D eigenvalue weighted by molar-refractivity contribution is 0.386. The van der Waals surface area contributed by atoms with Crippen molar-refractivity contribution in [3.63, 3.8) is 0 Å². The van der Waals surface area contributed by atoms with Gasteiger partial charge in [-0.2, -0.15) is 0 Å². The largest absolute Gasteiger partial charge is 0.494 e. The van der Waals surface area contributed by atoms with Crippen molar-refractivity contribution >= 4 is 0 Å². The van der Waals surface area contributed by atoms with E-state index < -0.39 is 0 Å². The first-order valence-electron chi connectivity index (χ1n) is 8.68. The summed E-state index contributed by atoms with van der Waals surface area (Å²) < 4.78 is 18.7. The number of benzene rings is 1. The third-order valence-corrected chi connectivity index (χ3v) is 4.79. The minimum atomic E-state index is -0.335. The van der Waals surface area contributed by atoms with Crippen LogP contribution in [0.25, 0.3) is 11.6 Å². The maximum absolute atomic E-state index is 13.6. The zero-order valence-electron chi connectivity index (χ0n) is 14.7. The first-order valence-corrected chi connectivity index (χ1v) is 8.68. The molecule has 132 valence electrons. The highest BCUT2D eigenvalue weighted by atomic mass is 19.1. The Morgan fingerprint density at radius 2 is 1.92 bits per heavy atom. The molecule has 6 heteroatoms. The molecule has 2 aromatic heterocycles. The van der Waals surface area contributed by atoms with Gasteiger partial charge in [-0.25, -0.2) is 24.3 Å². The molecule has 4 rings (SSSR count). The Kier molecular flexibility index (Phi) is 4.32. The number of aromatic nitrogens is 4. The van der Waals surface area contributed by atoms with E-state index >= 15 is 0 Å². The lowest BCUT2D eigenvalue weighted by Gasteiger charge is -2.09. The molecular weight excluding hydrogens is 331 g/mol. The van der Waals surface area contributed by atoms with Crippen LogP contribution in [0.3, 0.4) is 0 Å². The van der Waals surface area contributed by atoms with Gasteiger partial charge in [0.15, 0.2) is 23.2 Å². The highest BCUT2D eigenvalue weighted by molar-refractivity contribution is 5.46. The molecule has 0 spiro atoms. The normalized spacial score (nSPS) is 18.6. The highest BCUT2D eigenvalue weighted by Crippen LogP contribution is 2.55. The Labute approximate surface area is 151 Å². The van der Waals surface area contributed by atoms with Gasteiger partial charge in [-0.3, -0.25) is 0 Å². The van der Waals surface area contributed by atoms with E-state index in [4.69, 9.17) is 4.74 Å². The van der Waals surface area contributed by atoms with Crippen LogP contribution in [0.2, 0.25) is 0 Å². The summed E-state index contributed by atoms with van der Waals surface area (Å²) in [5, 5.41) is 0. The summed E-state index contributed by atoms with van der Waals surface area (Å²) in [6.07, 6.45) is 7.08. The van der Waals surface area contributed by atoms with Crippen LogP contribution in [0.4, 0.5) is 4.39 Å². The summed E-state index contributed by atoms with van der Waals surface area (Å²) in [4.78, 5) is 17.6. The van der Waals surface area contributed by atoms with E-state index in [2.05, 4.69) is 26.9 Å². The van der Waals surface area contributed by atoms with E-state index in [9.17, 15) is 4.39 Å². The number of hydrogen-bond donors (Lipinski definition) is 0. The minimum Gasteiger partial charge on any atom is -0.494 e. The first kappa shape index (κ1) is 16.6. The second kappa shape index (κ2) is 6.78. The lowest BCUT2D eigenvalue weighted by Crippen LogP contribution is -2.02. The van der Waals surface area contributed by atoms with E-state index in [0.29, 0.717) is 23.5 Å². The quantitative estimate of drug-likeness (QED) is 0.698. The van der Waals surface area contributed by atoms with Crippen LogP contribution in [0.15, 0.2) is 42.9 Å². The summed E-state index contributed by atoms with van der Waals surface area (Å²) in [5.41, 5.74) is 3.26. The van der Waals surface area contributed by atoms with E-state index in [1.54, 1.807) is 24.5 Å². The number of hydrogen-bond acceptors (Lipinski definition) is 5. The molecule has 0 radical (unpaired) electrons. The Hall–Kier alpha value is -2.89. The molecule has 1 aliphatic carbocycles. The number of ether oxygens (including phenoxy) is 1. The number of methoxy groups -OCH3 is 1. The first-order chi connectivity index (χ1) is 12.7. The Balaban J connectivity index is 1.61. The number of aryl methyl sites for hydroxylation is 1. The van der Waals surface area contributed by atoms with Gasteiger partial charge >= 0.3 is 0 Å². The van der Waals surface area contributed by atoms with Crippen molar-refractivity contribution in [1.29, 1.82) is 0 Å². The fourth-order valence-corrected chi connectivity index (χ4v) is 3.36. The van der Waals surface area contributed by atoms with Crippen molar-refractivity contribution < 1.29 is 9.13 Å². The molecule has 2 atom stereocenters. The SMILES string of the molecule is CCc1nc(-c2ncccn2)ncc1[C@@H]1C[C@@H]1c1ccc(F)c(OC)c1. The second-order valence-electron chi connectivity index (χ2n) is 6.36. The Morgan fingerprint density at radius 1 is 1.12 bits per heavy atom. The number of nitrogens with zero attached hydrogens (tertiary/aromatic N) is 4. The van der Waals surface area contributed by atoms with Gasteiger partial charge in [0.05, 0.1) is 7.11 Å². The van der Waals surface area contributed by atoms with Crippen LogP contribution in [-0.2, 0) is 6.42 Å². The molecule has 0 bridgehead atoms. The van der Waals surface area contributed by atoms with E-state index in [1.807, 2.05) is 12.3 Å². The van der Waals surface area contributed by atoms with E-state index in [1.165, 1.54) is 13.2 Å². The van der Waals surface area contributed by atoms with Gasteiger partial charge < -0.3 is 4.74 Å². The Morgan fingerprint density at radius 3 is 2.65 bits per heavy atom. The second-order valence-corrected chi connectivity index (χ2v) is 6.36. The average Bonchev–Trinajstić information content (AvgIpc) is 3.49. The zero-order valence-corrected chi connectivity index (χ0v) is 14.7. The predicted molar refractivity (Wildman–Crippen MR) is 95.5 cm³/mol. The zero-order chi connectivity index (χ0) is 18.1. The van der Waals surface area contributed by atoms with Gasteiger partial charge in [0.25, 0.3) is 0 Å². The number of halogens is 1. The van der Waals surface area contributed by atoms with Crippen LogP contribution in [-0.4, -0.2) is 27.0 Å². The van der Waals surface area contributed by atoms with Gasteiger partial charge in [0.1, 0.15) is 0 Å². The summed E-state index contributed by atoms with van der Waals surface area (Å²) in [7, 11) is 1.49. The van der Waals surface area contributed by atoms with Crippen LogP contribution in [0, 0.1) is 5.82 Å². The minimum absolute atomic E-state index is 0.289. The maximum atomic E-state index is 13.6. The van der Waals surface area contributed by atoms with Crippen molar-refractivity contribution in [3.8, 4) is 17.4 Å². The smallest absolute Gasteiger partial charge is 0.197 e. The molecule has 0 amide bonds. The van der Waals surface area contributed by atoms with Crippen molar-refractivity contribution in [2.24, 2.45) is 0 Å². The third-order valence-electron chi connectivity index (χ3n) is 4.79. The molecule has 3 aromatic rings. The van der Waals surface area contributed by atoms with E-state index in [0.717, 1.165) is 29.7 Å². The van der Waals surface area contributed by atoms with Crippen molar-refractivity contribution in [2.45, 2.75) is 31.6 Å². The molecule has 1 fully saturated rings. The predicted octanol–water partition coefficient (Wildman–Crippen LogP) is 3.91. The third kappa shape index (κ3) is 3.03. The van der Waals surface area contributed by atoms with Gasteiger partial charge in [0.2, 0.25) is 0 Å². The van der Waals surface area contributed by atoms with Gasteiger partial charge in [0, 0.05) is 24.3 Å². The summed E-state index contributed by atoms with van der Waals surface area (Å²) in [5.74, 6) is 1.73. The topological polar surface area (TPSA) is 60.8 Å². The molecule has 1 aromatic carbocycles. The van der Waals surface area contributed by atoms with Crippen LogP contribution < -0.4 is 4.74 Å². The van der Waals surface area contributed by atoms with Crippen LogP contribution >= 0.6 is 0 Å². The standard InChI is InChI=1S/C20H19FN4O/c1-3-17-15(11-24-20(25-17)19-22-7-4-8-23-19)14-10-13(14)12-5-6-16(21)18(9-12)26-2/h4-9,11,13-14H,3,10H2,1-2H3/t13-,14-/m1/s1. The molecule has 0 unspecified atom stereocenters. The van der Waals surface area contributed by atoms with Crippen LogP contribution in [0.1, 0.15) is 42.0 Å². The number of rotatable bonds is 5. The molecule has 26 heavy (non-hydrogen) atoms. The summed E-state index contributed by atoms with van der Waals surface area (Å²) in [6, 6.07) is 6.86. The fourth-order valence-electron chi connectivity index (χ4n) is 3.36. The molecule has 2 heterocycles. The Bertz CT molecular complexity index is 932. The average molecular weight is 350 g/mol. The monoisotopic (exact) mass is 350 g/mol. The van der Waals surface area contributed by atoms with Crippen molar-refractivity contribution in [3.05, 3.63) is 65.5 Å². The van der Waals surface area contributed by atoms with Gasteiger partial charge in [-0.05, 0) is 54.0 Å². The molecule has 0 aliphatic heterocycles. The highest BCUT2D eigenvalue weighted by Gasteiger charge is 2.41. The molecule has 0 N–H and O–H groups in total. The van der Waals surface area contributed by atoms with Gasteiger partial charge in [-0.15, -0.1) is 0 Å². The molecular formula is C20H19FN4O. The van der Waals surface area contributed by atoms with E-state index in [-0.39, 0.29) is 11.6 Å². The summed E-state index contributed by atoms with van der Waals surface area (Å²) in [6.45, 7) is 2.08. The molecule has 1 aliphatic rings. The van der Waals surface area contributed by atoms with Gasteiger partial charge in [-0.1, -0.05) is 13.0 Å². The lowest BCUT2D eigenvalue weighted by atomic mass is 10.0. The molecule has 0 saturated heterocycles. The molecule has 5 nitrogen and oxygen atoms in total. The molecule has 1 saturated carbocycles. The van der Waals surface area contributed by atoms with Crippen LogP contribution in [0.5, 0.6) is 5.75 Å². The summed E-state index contributed by atoms with van der Waals surface area (Å²) >= 11 is 0.